The van der Waals surface area contributed by atoms with Crippen molar-refractivity contribution in [2.24, 2.45) is 0 Å². The van der Waals surface area contributed by atoms with Gasteiger partial charge < -0.3 is 18.6 Å². The number of benzene rings is 2. The third-order valence-electron chi connectivity index (χ3n) is 5.90. The van der Waals surface area contributed by atoms with Crippen LogP contribution >= 0.6 is 0 Å². The Labute approximate surface area is 196 Å². The Morgan fingerprint density at radius 1 is 1.15 bits per heavy atom. The first-order chi connectivity index (χ1) is 16.3. The van der Waals surface area contributed by atoms with E-state index in [1.807, 2.05) is 12.1 Å². The average Bonchev–Trinajstić information content (AvgIpc) is 3.44. The summed E-state index contributed by atoms with van der Waals surface area (Å²) in [7, 11) is -0.693. The molecule has 2 aromatic carbocycles. The maximum Gasteiger partial charge on any atom is 0.420 e. The van der Waals surface area contributed by atoms with E-state index >= 15 is 0 Å². The molecule has 3 aromatic rings. The summed E-state index contributed by atoms with van der Waals surface area (Å²) in [6.45, 7) is 2.14. The first kappa shape index (κ1) is 23.8. The second kappa shape index (κ2) is 9.51. The minimum Gasteiger partial charge on any atom is -0.497 e. The van der Waals surface area contributed by atoms with Crippen LogP contribution in [-0.4, -0.2) is 57.2 Å². The number of hydrogen-bond donors (Lipinski definition) is 0. The second-order valence-corrected chi connectivity index (χ2v) is 9.78. The molecule has 1 fully saturated rings. The van der Waals surface area contributed by atoms with Gasteiger partial charge in [-0.2, -0.15) is 4.31 Å². The van der Waals surface area contributed by atoms with E-state index in [4.69, 9.17) is 18.6 Å². The van der Waals surface area contributed by atoms with Crippen LogP contribution in [0.25, 0.3) is 11.1 Å². The number of ether oxygens (including phenoxy) is 3. The highest BCUT2D eigenvalue weighted by Crippen LogP contribution is 2.38. The Balaban J connectivity index is 1.60. The number of methoxy groups -OCH3 is 2. The van der Waals surface area contributed by atoms with Gasteiger partial charge in [0.15, 0.2) is 5.58 Å². The Morgan fingerprint density at radius 2 is 1.94 bits per heavy atom. The fourth-order valence-electron chi connectivity index (χ4n) is 4.20. The summed E-state index contributed by atoms with van der Waals surface area (Å²) in [5.41, 5.74) is 1.29. The van der Waals surface area contributed by atoms with Crippen LogP contribution in [0.2, 0.25) is 0 Å². The van der Waals surface area contributed by atoms with Gasteiger partial charge in [0, 0.05) is 30.6 Å². The number of sulfonamides is 1. The summed E-state index contributed by atoms with van der Waals surface area (Å²) in [5.74, 6) is -0.0581. The van der Waals surface area contributed by atoms with Crippen LogP contribution in [0.15, 0.2) is 50.5 Å². The molecule has 0 spiro atoms. The summed E-state index contributed by atoms with van der Waals surface area (Å²) in [6, 6.07) is 9.66. The highest BCUT2D eigenvalue weighted by Gasteiger charge is 2.35. The highest BCUT2D eigenvalue weighted by molar-refractivity contribution is 7.89. The lowest BCUT2D eigenvalue weighted by atomic mass is 9.97. The molecule has 182 valence electrons. The van der Waals surface area contributed by atoms with Crippen LogP contribution in [-0.2, 0) is 26.1 Å². The zero-order chi connectivity index (χ0) is 24.5. The maximum atomic E-state index is 13.4. The number of oxazole rings is 1. The molecule has 0 bridgehead atoms. The quantitative estimate of drug-likeness (QED) is 0.442. The zero-order valence-electron chi connectivity index (χ0n) is 19.1. The molecular formula is C23H26N2O8S. The standard InChI is InChI=1S/C23H26N2O8S/c1-4-32-22(26)14-25-19-7-6-17(12-21(19)33-23(25)27)34(28,29)24-10-9-15(13-24)18-11-16(30-2)5-8-20(18)31-3/h5-8,11-12,15H,4,9-10,13-14H2,1-3H3. The Bertz CT molecular complexity index is 1380. The smallest absolute Gasteiger partial charge is 0.420 e. The van der Waals surface area contributed by atoms with Gasteiger partial charge in [0.05, 0.1) is 31.2 Å². The van der Waals surface area contributed by atoms with E-state index < -0.39 is 21.7 Å². The number of rotatable bonds is 8. The van der Waals surface area contributed by atoms with Crippen molar-refractivity contribution in [1.29, 1.82) is 0 Å². The largest absolute Gasteiger partial charge is 0.497 e. The fourth-order valence-corrected chi connectivity index (χ4v) is 5.72. The van der Waals surface area contributed by atoms with Gasteiger partial charge in [0.1, 0.15) is 18.0 Å². The summed E-state index contributed by atoms with van der Waals surface area (Å²) in [5, 5.41) is 0. The summed E-state index contributed by atoms with van der Waals surface area (Å²) >= 11 is 0. The highest BCUT2D eigenvalue weighted by atomic mass is 32.2. The normalized spacial score (nSPS) is 16.6. The lowest BCUT2D eigenvalue weighted by Gasteiger charge is -2.18. The van der Waals surface area contributed by atoms with Crippen molar-refractivity contribution >= 4 is 27.1 Å². The van der Waals surface area contributed by atoms with Crippen molar-refractivity contribution < 1.29 is 31.8 Å². The van der Waals surface area contributed by atoms with E-state index in [0.29, 0.717) is 30.0 Å². The number of aromatic nitrogens is 1. The molecule has 34 heavy (non-hydrogen) atoms. The zero-order valence-corrected chi connectivity index (χ0v) is 20.0. The van der Waals surface area contributed by atoms with Crippen LogP contribution in [0.5, 0.6) is 11.5 Å². The molecule has 1 saturated heterocycles. The summed E-state index contributed by atoms with van der Waals surface area (Å²) in [4.78, 5) is 24.0. The third kappa shape index (κ3) is 4.40. The molecule has 0 radical (unpaired) electrons. The van der Waals surface area contributed by atoms with Gasteiger partial charge in [-0.05, 0) is 43.7 Å². The SMILES string of the molecule is CCOC(=O)Cn1c(=O)oc2cc(S(=O)(=O)N3CCC(c4cc(OC)ccc4OC)C3)ccc21. The lowest BCUT2D eigenvalue weighted by Crippen LogP contribution is -2.28. The minimum atomic E-state index is -3.84. The fraction of sp³-hybridized carbons (Fsp3) is 0.391. The van der Waals surface area contributed by atoms with E-state index in [1.54, 1.807) is 27.2 Å². The minimum absolute atomic E-state index is 0.00953. The predicted molar refractivity (Wildman–Crippen MR) is 123 cm³/mol. The molecule has 10 nitrogen and oxygen atoms in total. The van der Waals surface area contributed by atoms with Gasteiger partial charge in [-0.15, -0.1) is 0 Å². The number of carbonyl (C=O) groups is 1. The molecule has 1 atom stereocenters. The molecule has 0 amide bonds. The number of carbonyl (C=O) groups excluding carboxylic acids is 1. The topological polar surface area (TPSA) is 117 Å². The predicted octanol–water partition coefficient (Wildman–Crippen LogP) is 2.35. The molecule has 0 N–H and O–H groups in total. The van der Waals surface area contributed by atoms with E-state index in [2.05, 4.69) is 0 Å². The van der Waals surface area contributed by atoms with Crippen LogP contribution in [0, 0.1) is 0 Å². The van der Waals surface area contributed by atoms with Crippen molar-refractivity contribution in [1.82, 2.24) is 8.87 Å². The Kier molecular flexibility index (Phi) is 6.67. The van der Waals surface area contributed by atoms with Gasteiger partial charge in [0.25, 0.3) is 0 Å². The summed E-state index contributed by atoms with van der Waals surface area (Å²) < 4.78 is 50.1. The Morgan fingerprint density at radius 3 is 2.65 bits per heavy atom. The van der Waals surface area contributed by atoms with Crippen molar-refractivity contribution in [3.63, 3.8) is 0 Å². The van der Waals surface area contributed by atoms with Crippen LogP contribution in [0.4, 0.5) is 0 Å². The number of esters is 1. The van der Waals surface area contributed by atoms with E-state index in [0.717, 1.165) is 10.1 Å². The number of nitrogens with zero attached hydrogens (tertiary/aromatic N) is 2. The van der Waals surface area contributed by atoms with Crippen molar-refractivity contribution in [2.45, 2.75) is 30.7 Å². The van der Waals surface area contributed by atoms with Gasteiger partial charge in [0.2, 0.25) is 10.0 Å². The van der Waals surface area contributed by atoms with Gasteiger partial charge >= 0.3 is 11.7 Å². The molecule has 0 aliphatic carbocycles. The first-order valence-corrected chi connectivity index (χ1v) is 12.2. The molecule has 11 heteroatoms. The molecular weight excluding hydrogens is 464 g/mol. The monoisotopic (exact) mass is 490 g/mol. The maximum absolute atomic E-state index is 13.4. The van der Waals surface area contributed by atoms with Crippen molar-refractivity contribution in [3.05, 3.63) is 52.5 Å². The number of fused-ring (bicyclic) bond motifs is 1. The molecule has 4 rings (SSSR count). The van der Waals surface area contributed by atoms with Gasteiger partial charge in [-0.25, -0.2) is 13.2 Å². The van der Waals surface area contributed by atoms with Crippen LogP contribution in [0.3, 0.4) is 0 Å². The van der Waals surface area contributed by atoms with Gasteiger partial charge in [-0.3, -0.25) is 9.36 Å². The average molecular weight is 491 g/mol. The molecule has 1 unspecified atom stereocenters. The molecule has 1 aliphatic rings. The van der Waals surface area contributed by atoms with Crippen LogP contribution < -0.4 is 15.2 Å². The number of hydrogen-bond acceptors (Lipinski definition) is 8. The second-order valence-electron chi connectivity index (χ2n) is 7.85. The summed E-state index contributed by atoms with van der Waals surface area (Å²) in [6.07, 6.45) is 0.621. The Hall–Kier alpha value is -3.31. The van der Waals surface area contributed by atoms with Gasteiger partial charge in [-0.1, -0.05) is 0 Å². The molecule has 2 heterocycles. The molecule has 0 saturated carbocycles. The van der Waals surface area contributed by atoms with E-state index in [-0.39, 0.29) is 36.1 Å². The van der Waals surface area contributed by atoms with Crippen LogP contribution in [0.1, 0.15) is 24.8 Å². The van der Waals surface area contributed by atoms with Crippen molar-refractivity contribution in [2.75, 3.05) is 33.9 Å². The lowest BCUT2D eigenvalue weighted by molar-refractivity contribution is -0.143. The third-order valence-corrected chi connectivity index (χ3v) is 7.76. The first-order valence-electron chi connectivity index (χ1n) is 10.8. The van der Waals surface area contributed by atoms with E-state index in [9.17, 15) is 18.0 Å². The van der Waals surface area contributed by atoms with E-state index in [1.165, 1.54) is 22.5 Å². The van der Waals surface area contributed by atoms with Crippen molar-refractivity contribution in [3.8, 4) is 11.5 Å². The molecule has 1 aliphatic heterocycles. The molecule has 1 aromatic heterocycles.